The Labute approximate surface area is 136 Å². The molecule has 0 radical (unpaired) electrons. The van der Waals surface area contributed by atoms with Crippen LogP contribution >= 0.6 is 0 Å². The summed E-state index contributed by atoms with van der Waals surface area (Å²) in [5.41, 5.74) is 6.11. The van der Waals surface area contributed by atoms with Gasteiger partial charge in [-0.2, -0.15) is 10.5 Å². The first kappa shape index (κ1) is 14.9. The Balaban J connectivity index is 2.30. The highest BCUT2D eigenvalue weighted by Gasteiger charge is 2.35. The minimum atomic E-state index is 0.0763. The van der Waals surface area contributed by atoms with Crippen LogP contribution in [0.1, 0.15) is 29.2 Å². The van der Waals surface area contributed by atoms with Crippen LogP contribution in [0.25, 0.3) is 0 Å². The number of aryl methyl sites for hydroxylation is 2. The third-order valence-electron chi connectivity index (χ3n) is 4.56. The minimum absolute atomic E-state index is 0.0763. The molecule has 0 N–H and O–H groups in total. The Morgan fingerprint density at radius 3 is 2.30 bits per heavy atom. The second-order valence-electron chi connectivity index (χ2n) is 5.98. The highest BCUT2D eigenvalue weighted by atomic mass is 15.4. The van der Waals surface area contributed by atoms with Crippen molar-refractivity contribution in [3.05, 3.63) is 52.6 Å². The lowest BCUT2D eigenvalue weighted by Gasteiger charge is -2.29. The molecular weight excluding hydrogens is 284 g/mol. The van der Waals surface area contributed by atoms with Crippen LogP contribution in [-0.2, 0) is 0 Å². The lowest BCUT2D eigenvalue weighted by atomic mass is 10.0. The molecule has 1 aliphatic rings. The molecule has 4 heteroatoms. The molecule has 3 rings (SSSR count). The van der Waals surface area contributed by atoms with Gasteiger partial charge in [0.1, 0.15) is 18.3 Å². The zero-order valence-corrected chi connectivity index (χ0v) is 13.8. The predicted molar refractivity (Wildman–Crippen MR) is 91.8 cm³/mol. The number of benzene rings is 2. The maximum atomic E-state index is 9.62. The fourth-order valence-corrected chi connectivity index (χ4v) is 3.27. The van der Waals surface area contributed by atoms with E-state index in [9.17, 15) is 10.5 Å². The van der Waals surface area contributed by atoms with Crippen molar-refractivity contribution in [2.24, 2.45) is 0 Å². The van der Waals surface area contributed by atoms with Gasteiger partial charge in [0.05, 0.1) is 22.5 Å². The Hall–Kier alpha value is -2.98. The smallest absolute Gasteiger partial charge is 0.103 e. The summed E-state index contributed by atoms with van der Waals surface area (Å²) in [6.07, 6.45) is 0.0763. The van der Waals surface area contributed by atoms with E-state index in [1.165, 1.54) is 5.56 Å². The van der Waals surface area contributed by atoms with Gasteiger partial charge in [-0.25, -0.2) is 0 Å². The first-order valence-corrected chi connectivity index (χ1v) is 7.56. The van der Waals surface area contributed by atoms with E-state index in [4.69, 9.17) is 0 Å². The predicted octanol–water partition coefficient (Wildman–Crippen LogP) is 3.98. The van der Waals surface area contributed by atoms with Crippen molar-refractivity contribution in [3.63, 3.8) is 0 Å². The molecule has 114 valence electrons. The number of nitrogens with zero attached hydrogens (tertiary/aromatic N) is 4. The van der Waals surface area contributed by atoms with Crippen molar-refractivity contribution in [1.29, 1.82) is 10.5 Å². The summed E-state index contributed by atoms with van der Waals surface area (Å²) < 4.78 is 0. The molecule has 0 fully saturated rings. The van der Waals surface area contributed by atoms with Gasteiger partial charge in [-0.15, -0.1) is 0 Å². The molecule has 1 aliphatic heterocycles. The fourth-order valence-electron chi connectivity index (χ4n) is 3.27. The van der Waals surface area contributed by atoms with Gasteiger partial charge in [0.15, 0.2) is 0 Å². The molecule has 0 saturated carbocycles. The van der Waals surface area contributed by atoms with Gasteiger partial charge in [-0.3, -0.25) is 0 Å². The zero-order chi connectivity index (χ0) is 16.7. The monoisotopic (exact) mass is 302 g/mol. The number of anilines is 3. The molecule has 0 bridgehead atoms. The Morgan fingerprint density at radius 1 is 1.00 bits per heavy atom. The van der Waals surface area contributed by atoms with Gasteiger partial charge < -0.3 is 9.80 Å². The van der Waals surface area contributed by atoms with Gasteiger partial charge in [-0.05, 0) is 44.5 Å². The van der Waals surface area contributed by atoms with Crippen LogP contribution < -0.4 is 9.80 Å². The van der Waals surface area contributed by atoms with E-state index in [2.05, 4.69) is 60.9 Å². The van der Waals surface area contributed by atoms with E-state index < -0.39 is 0 Å². The Kier molecular flexibility index (Phi) is 3.47. The van der Waals surface area contributed by atoms with Gasteiger partial charge >= 0.3 is 0 Å². The summed E-state index contributed by atoms with van der Waals surface area (Å²) in [5.74, 6) is 0. The topological polar surface area (TPSA) is 54.1 Å². The molecule has 0 aliphatic carbocycles. The molecule has 0 unspecified atom stereocenters. The van der Waals surface area contributed by atoms with Crippen LogP contribution in [0.4, 0.5) is 17.1 Å². The van der Waals surface area contributed by atoms with E-state index in [0.717, 1.165) is 22.6 Å². The average Bonchev–Trinajstić information content (AvgIpc) is 2.79. The van der Waals surface area contributed by atoms with E-state index >= 15 is 0 Å². The summed E-state index contributed by atoms with van der Waals surface area (Å²) in [5, 5.41) is 18.9. The zero-order valence-electron chi connectivity index (χ0n) is 13.8. The van der Waals surface area contributed by atoms with Crippen molar-refractivity contribution in [2.45, 2.75) is 26.9 Å². The average molecular weight is 302 g/mol. The summed E-state index contributed by atoms with van der Waals surface area (Å²) in [4.78, 5) is 4.29. The summed E-state index contributed by atoms with van der Waals surface area (Å²) in [6.45, 7) is 6.25. The normalized spacial score (nSPS) is 16.0. The van der Waals surface area contributed by atoms with Crippen molar-refractivity contribution in [2.75, 3.05) is 16.8 Å². The maximum absolute atomic E-state index is 9.62. The summed E-state index contributed by atoms with van der Waals surface area (Å²) in [7, 11) is 2.01. The quantitative estimate of drug-likeness (QED) is 0.799. The SMILES string of the molecule is Cc1ccc(N2c3c(ccc(C#N)c3C#N)N(C)[C@@H]2C)c(C)c1. The third-order valence-corrected chi connectivity index (χ3v) is 4.56. The van der Waals surface area contributed by atoms with Gasteiger partial charge in [0.25, 0.3) is 0 Å². The third kappa shape index (κ3) is 2.12. The number of hydrogen-bond acceptors (Lipinski definition) is 4. The molecule has 0 spiro atoms. The Morgan fingerprint density at radius 2 is 1.70 bits per heavy atom. The van der Waals surface area contributed by atoms with Crippen LogP contribution in [0.3, 0.4) is 0 Å². The highest BCUT2D eigenvalue weighted by molar-refractivity contribution is 5.90. The van der Waals surface area contributed by atoms with Crippen LogP contribution in [0.2, 0.25) is 0 Å². The number of fused-ring (bicyclic) bond motifs is 1. The molecule has 0 saturated heterocycles. The highest BCUT2D eigenvalue weighted by Crippen LogP contribution is 2.47. The molecule has 1 atom stereocenters. The molecule has 23 heavy (non-hydrogen) atoms. The largest absolute Gasteiger partial charge is 0.352 e. The molecule has 1 heterocycles. The lowest BCUT2D eigenvalue weighted by molar-refractivity contribution is 0.732. The van der Waals surface area contributed by atoms with Crippen molar-refractivity contribution in [1.82, 2.24) is 0 Å². The lowest BCUT2D eigenvalue weighted by Crippen LogP contribution is -2.36. The van der Waals surface area contributed by atoms with E-state index in [-0.39, 0.29) is 6.17 Å². The van der Waals surface area contributed by atoms with E-state index in [1.807, 2.05) is 13.1 Å². The Bertz CT molecular complexity index is 870. The number of nitriles is 2. The number of hydrogen-bond donors (Lipinski definition) is 0. The number of rotatable bonds is 1. The molecule has 0 amide bonds. The van der Waals surface area contributed by atoms with Crippen LogP contribution in [0, 0.1) is 36.5 Å². The van der Waals surface area contributed by atoms with E-state index in [0.29, 0.717) is 11.1 Å². The first-order valence-electron chi connectivity index (χ1n) is 7.56. The standard InChI is InChI=1S/C19H18N4/c1-12-5-7-17(13(2)9-12)23-14(3)22(4)18-8-6-15(10-20)16(11-21)19(18)23/h5-9,14H,1-4H3/t14-/m0/s1. The van der Waals surface area contributed by atoms with Crippen molar-refractivity contribution >= 4 is 17.1 Å². The van der Waals surface area contributed by atoms with Crippen LogP contribution in [0.5, 0.6) is 0 Å². The van der Waals surface area contributed by atoms with E-state index in [1.54, 1.807) is 6.07 Å². The van der Waals surface area contributed by atoms with Gasteiger partial charge in [0, 0.05) is 12.7 Å². The fraction of sp³-hybridized carbons (Fsp3) is 0.263. The molecule has 0 aromatic heterocycles. The summed E-state index contributed by atoms with van der Waals surface area (Å²) in [6, 6.07) is 14.3. The molecular formula is C19H18N4. The second-order valence-corrected chi connectivity index (χ2v) is 5.98. The van der Waals surface area contributed by atoms with Gasteiger partial charge in [0.2, 0.25) is 0 Å². The van der Waals surface area contributed by atoms with Crippen molar-refractivity contribution in [3.8, 4) is 12.1 Å². The second kappa shape index (κ2) is 5.34. The van der Waals surface area contributed by atoms with Crippen LogP contribution in [-0.4, -0.2) is 13.2 Å². The van der Waals surface area contributed by atoms with Crippen LogP contribution in [0.15, 0.2) is 30.3 Å². The van der Waals surface area contributed by atoms with Gasteiger partial charge in [-0.1, -0.05) is 17.7 Å². The molecule has 4 nitrogen and oxygen atoms in total. The molecule has 2 aromatic rings. The maximum Gasteiger partial charge on any atom is 0.103 e. The minimum Gasteiger partial charge on any atom is -0.352 e. The van der Waals surface area contributed by atoms with Crippen molar-refractivity contribution < 1.29 is 0 Å². The molecule has 2 aromatic carbocycles. The first-order chi connectivity index (χ1) is 11.0. The summed E-state index contributed by atoms with van der Waals surface area (Å²) >= 11 is 0.